The Labute approximate surface area is 109 Å². The smallest absolute Gasteiger partial charge is 0.318 e. The Morgan fingerprint density at radius 2 is 2.24 bits per heavy atom. The summed E-state index contributed by atoms with van der Waals surface area (Å²) in [5.74, 6) is 0. The van der Waals surface area contributed by atoms with Crippen LogP contribution in [0.4, 0.5) is 4.79 Å². The van der Waals surface area contributed by atoms with Crippen molar-refractivity contribution < 1.29 is 4.79 Å². The molecule has 0 saturated carbocycles. The zero-order chi connectivity index (χ0) is 12.3. The molecule has 1 saturated heterocycles. The molecule has 0 spiro atoms. The van der Waals surface area contributed by atoms with E-state index in [9.17, 15) is 4.79 Å². The Kier molecular flexibility index (Phi) is 4.02. The topological polar surface area (TPSA) is 58.4 Å². The van der Waals surface area contributed by atoms with Crippen molar-refractivity contribution in [2.75, 3.05) is 19.6 Å². The maximum atomic E-state index is 11.7. The maximum Gasteiger partial charge on any atom is 0.318 e. The fourth-order valence-corrected chi connectivity index (χ4v) is 2.56. The summed E-state index contributed by atoms with van der Waals surface area (Å²) in [5.41, 5.74) is 6.58. The van der Waals surface area contributed by atoms with Crippen molar-refractivity contribution >= 4 is 22.0 Å². The molecule has 4 nitrogen and oxygen atoms in total. The van der Waals surface area contributed by atoms with Gasteiger partial charge in [-0.25, -0.2) is 4.79 Å². The molecule has 1 fully saturated rings. The zero-order valence-electron chi connectivity index (χ0n) is 9.53. The van der Waals surface area contributed by atoms with E-state index in [1.165, 1.54) is 0 Å². The molecule has 92 valence electrons. The van der Waals surface area contributed by atoms with E-state index < -0.39 is 0 Å². The predicted molar refractivity (Wildman–Crippen MR) is 70.7 cm³/mol. The highest BCUT2D eigenvalue weighted by Gasteiger charge is 2.29. The lowest BCUT2D eigenvalue weighted by Crippen LogP contribution is -2.30. The first-order valence-corrected chi connectivity index (χ1v) is 6.51. The van der Waals surface area contributed by atoms with Crippen molar-refractivity contribution in [3.63, 3.8) is 0 Å². The van der Waals surface area contributed by atoms with E-state index in [0.29, 0.717) is 13.1 Å². The molecule has 1 unspecified atom stereocenters. The second kappa shape index (κ2) is 5.51. The molecule has 0 radical (unpaired) electrons. The minimum Gasteiger partial charge on any atom is -0.330 e. The monoisotopic (exact) mass is 297 g/mol. The number of amides is 2. The van der Waals surface area contributed by atoms with Gasteiger partial charge in [-0.3, -0.25) is 0 Å². The Balaban J connectivity index is 2.06. The van der Waals surface area contributed by atoms with Gasteiger partial charge in [-0.2, -0.15) is 0 Å². The second-order valence-corrected chi connectivity index (χ2v) is 4.97. The van der Waals surface area contributed by atoms with Crippen LogP contribution in [0.5, 0.6) is 0 Å². The molecule has 1 aliphatic heterocycles. The summed E-state index contributed by atoms with van der Waals surface area (Å²) in [5, 5.41) is 2.99. The molecular formula is C12H16BrN3O. The number of hydrogen-bond donors (Lipinski definition) is 2. The average molecular weight is 298 g/mol. The van der Waals surface area contributed by atoms with Gasteiger partial charge in [-0.15, -0.1) is 0 Å². The Hall–Kier alpha value is -1.07. The van der Waals surface area contributed by atoms with Crippen LogP contribution in [0.25, 0.3) is 0 Å². The third-order valence-electron chi connectivity index (χ3n) is 2.90. The molecule has 3 N–H and O–H groups in total. The fourth-order valence-electron chi connectivity index (χ4n) is 2.00. The highest BCUT2D eigenvalue weighted by Crippen LogP contribution is 2.26. The van der Waals surface area contributed by atoms with Crippen molar-refractivity contribution in [3.8, 4) is 0 Å². The van der Waals surface area contributed by atoms with Crippen LogP contribution in [0.1, 0.15) is 18.0 Å². The summed E-state index contributed by atoms with van der Waals surface area (Å²) in [6, 6.07) is 8.03. The van der Waals surface area contributed by atoms with Gasteiger partial charge in [0.05, 0.1) is 6.04 Å². The zero-order valence-corrected chi connectivity index (χ0v) is 11.1. The number of benzene rings is 1. The van der Waals surface area contributed by atoms with Crippen LogP contribution >= 0.6 is 15.9 Å². The van der Waals surface area contributed by atoms with Gasteiger partial charge in [0.25, 0.3) is 0 Å². The van der Waals surface area contributed by atoms with E-state index in [1.54, 1.807) is 0 Å². The van der Waals surface area contributed by atoms with Crippen molar-refractivity contribution in [3.05, 3.63) is 34.3 Å². The maximum absolute atomic E-state index is 11.7. The summed E-state index contributed by atoms with van der Waals surface area (Å²) in [6.45, 7) is 2.05. The molecular weight excluding hydrogens is 282 g/mol. The number of rotatable bonds is 4. The molecule has 0 bridgehead atoms. The molecule has 0 aromatic heterocycles. The number of hydrogen-bond acceptors (Lipinski definition) is 2. The van der Waals surface area contributed by atoms with E-state index in [1.807, 2.05) is 29.2 Å². The number of carbonyl (C=O) groups is 1. The number of nitrogens with zero attached hydrogens (tertiary/aromatic N) is 1. The highest BCUT2D eigenvalue weighted by molar-refractivity contribution is 9.10. The van der Waals surface area contributed by atoms with Crippen LogP contribution in [0.2, 0.25) is 0 Å². The van der Waals surface area contributed by atoms with Gasteiger partial charge < -0.3 is 16.0 Å². The number of halogens is 1. The third kappa shape index (κ3) is 2.79. The minimum absolute atomic E-state index is 0.000738. The fraction of sp³-hybridized carbons (Fsp3) is 0.417. The van der Waals surface area contributed by atoms with Crippen molar-refractivity contribution in [1.82, 2.24) is 10.2 Å². The van der Waals surface area contributed by atoms with Gasteiger partial charge in [-0.1, -0.05) is 34.1 Å². The number of nitrogens with two attached hydrogens (primary N) is 1. The molecule has 2 amide bonds. The lowest BCUT2D eigenvalue weighted by molar-refractivity contribution is 0.217. The van der Waals surface area contributed by atoms with Crippen LogP contribution in [0.3, 0.4) is 0 Å². The number of carbonyl (C=O) groups excluding carboxylic acids is 1. The van der Waals surface area contributed by atoms with E-state index in [0.717, 1.165) is 23.0 Å². The second-order valence-electron chi connectivity index (χ2n) is 4.11. The van der Waals surface area contributed by atoms with Crippen molar-refractivity contribution in [1.29, 1.82) is 0 Å². The molecule has 1 atom stereocenters. The molecule has 1 aliphatic rings. The average Bonchev–Trinajstić information content (AvgIpc) is 2.68. The number of nitrogens with one attached hydrogen (secondary N) is 1. The van der Waals surface area contributed by atoms with Crippen LogP contribution in [-0.4, -0.2) is 30.6 Å². The summed E-state index contributed by atoms with van der Waals surface area (Å²) in [4.78, 5) is 13.6. The quantitative estimate of drug-likeness (QED) is 0.891. The van der Waals surface area contributed by atoms with Gasteiger partial charge in [-0.05, 0) is 24.6 Å². The first kappa shape index (κ1) is 12.4. The van der Waals surface area contributed by atoms with Crippen molar-refractivity contribution in [2.24, 2.45) is 5.73 Å². The van der Waals surface area contributed by atoms with Gasteiger partial charge in [0, 0.05) is 17.6 Å². The lowest BCUT2D eigenvalue weighted by atomic mass is 10.1. The molecule has 1 aromatic rings. The Bertz CT molecular complexity index is 410. The lowest BCUT2D eigenvalue weighted by Gasteiger charge is -2.14. The molecule has 2 rings (SSSR count). The summed E-state index contributed by atoms with van der Waals surface area (Å²) in [6.07, 6.45) is 0.843. The van der Waals surface area contributed by atoms with E-state index in [2.05, 4.69) is 21.2 Å². The van der Waals surface area contributed by atoms with Crippen LogP contribution in [0, 0.1) is 0 Å². The van der Waals surface area contributed by atoms with E-state index >= 15 is 0 Å². The SMILES string of the molecule is NCCCN1CC(c2ccccc2Br)NC1=O. The van der Waals surface area contributed by atoms with Crippen molar-refractivity contribution in [2.45, 2.75) is 12.5 Å². The predicted octanol–water partition coefficient (Wildman–Crippen LogP) is 1.86. The highest BCUT2D eigenvalue weighted by atomic mass is 79.9. The largest absolute Gasteiger partial charge is 0.330 e. The summed E-state index contributed by atoms with van der Waals surface area (Å²) < 4.78 is 1.03. The first-order chi connectivity index (χ1) is 8.22. The standard InChI is InChI=1S/C12H16BrN3O/c13-10-5-2-1-4-9(10)11-8-16(7-3-6-14)12(17)15-11/h1-2,4-5,11H,3,6-8,14H2,(H,15,17). The van der Waals surface area contributed by atoms with Crippen LogP contribution in [-0.2, 0) is 0 Å². The van der Waals surface area contributed by atoms with Gasteiger partial charge in [0.15, 0.2) is 0 Å². The van der Waals surface area contributed by atoms with Crippen LogP contribution < -0.4 is 11.1 Å². The third-order valence-corrected chi connectivity index (χ3v) is 3.62. The van der Waals surface area contributed by atoms with Gasteiger partial charge in [0.2, 0.25) is 0 Å². The molecule has 5 heteroatoms. The van der Waals surface area contributed by atoms with E-state index in [4.69, 9.17) is 5.73 Å². The minimum atomic E-state index is -0.000738. The molecule has 1 aromatic carbocycles. The van der Waals surface area contributed by atoms with E-state index in [-0.39, 0.29) is 12.1 Å². The first-order valence-electron chi connectivity index (χ1n) is 5.72. The summed E-state index contributed by atoms with van der Waals surface area (Å²) in [7, 11) is 0. The summed E-state index contributed by atoms with van der Waals surface area (Å²) >= 11 is 3.51. The van der Waals surface area contributed by atoms with Crippen LogP contribution in [0.15, 0.2) is 28.7 Å². The normalized spacial score (nSPS) is 19.5. The molecule has 0 aliphatic carbocycles. The molecule has 1 heterocycles. The van der Waals surface area contributed by atoms with Gasteiger partial charge >= 0.3 is 6.03 Å². The van der Waals surface area contributed by atoms with Gasteiger partial charge in [0.1, 0.15) is 0 Å². The Morgan fingerprint density at radius 3 is 2.94 bits per heavy atom. The Morgan fingerprint density at radius 1 is 1.47 bits per heavy atom. The molecule has 17 heavy (non-hydrogen) atoms. The number of urea groups is 1.